The van der Waals surface area contributed by atoms with Gasteiger partial charge in [-0.2, -0.15) is 0 Å². The van der Waals surface area contributed by atoms with E-state index in [2.05, 4.69) is 5.16 Å². The Kier molecular flexibility index (Phi) is 3.17. The van der Waals surface area contributed by atoms with Crippen molar-refractivity contribution in [3.05, 3.63) is 59.7 Å². The fourth-order valence-electron chi connectivity index (χ4n) is 2.23. The zero-order valence-electron chi connectivity index (χ0n) is 11.2. The van der Waals surface area contributed by atoms with Crippen molar-refractivity contribution >= 4 is 5.88 Å². The molecule has 0 bridgehead atoms. The molecule has 0 atom stereocenters. The van der Waals surface area contributed by atoms with Crippen LogP contribution in [0.15, 0.2) is 47.0 Å². The topological polar surface area (TPSA) is 52.0 Å². The second kappa shape index (κ2) is 5.01. The standard InChI is InChI=1S/C16H12F2N2O/c1-9-2-5-12(18)8-13(9)15-14(16(19)21-20-15)10-3-6-11(17)7-4-10/h2-8H,19H2,1H3. The highest BCUT2D eigenvalue weighted by Gasteiger charge is 2.19. The van der Waals surface area contributed by atoms with Crippen molar-refractivity contribution in [2.75, 3.05) is 5.73 Å². The van der Waals surface area contributed by atoms with E-state index in [9.17, 15) is 8.78 Å². The van der Waals surface area contributed by atoms with Crippen molar-refractivity contribution in [2.45, 2.75) is 6.92 Å². The van der Waals surface area contributed by atoms with Gasteiger partial charge < -0.3 is 10.3 Å². The molecule has 0 amide bonds. The van der Waals surface area contributed by atoms with Crippen LogP contribution in [-0.4, -0.2) is 5.16 Å². The minimum absolute atomic E-state index is 0.111. The van der Waals surface area contributed by atoms with Crippen LogP contribution in [0, 0.1) is 18.6 Å². The lowest BCUT2D eigenvalue weighted by molar-refractivity contribution is 0.439. The number of anilines is 1. The van der Waals surface area contributed by atoms with E-state index in [0.717, 1.165) is 5.56 Å². The molecule has 3 nitrogen and oxygen atoms in total. The monoisotopic (exact) mass is 286 g/mol. The van der Waals surface area contributed by atoms with E-state index < -0.39 is 0 Å². The van der Waals surface area contributed by atoms with Gasteiger partial charge >= 0.3 is 0 Å². The molecule has 3 aromatic rings. The van der Waals surface area contributed by atoms with Gasteiger partial charge in [-0.3, -0.25) is 0 Å². The van der Waals surface area contributed by atoms with Gasteiger partial charge in [-0.1, -0.05) is 23.4 Å². The van der Waals surface area contributed by atoms with E-state index in [1.807, 2.05) is 6.92 Å². The number of nitrogens with zero attached hydrogens (tertiary/aromatic N) is 1. The SMILES string of the molecule is Cc1ccc(F)cc1-c1noc(N)c1-c1ccc(F)cc1. The Morgan fingerprint density at radius 1 is 1.00 bits per heavy atom. The van der Waals surface area contributed by atoms with Crippen LogP contribution in [-0.2, 0) is 0 Å². The van der Waals surface area contributed by atoms with E-state index in [4.69, 9.17) is 10.3 Å². The molecule has 0 fully saturated rings. The Bertz CT molecular complexity index is 795. The number of aromatic nitrogens is 1. The summed E-state index contributed by atoms with van der Waals surface area (Å²) in [5.74, 6) is -0.611. The highest BCUT2D eigenvalue weighted by Crippen LogP contribution is 2.37. The summed E-state index contributed by atoms with van der Waals surface area (Å²) in [5, 5.41) is 3.93. The molecule has 0 saturated carbocycles. The normalized spacial score (nSPS) is 10.8. The fraction of sp³-hybridized carbons (Fsp3) is 0.0625. The Morgan fingerprint density at radius 2 is 1.67 bits per heavy atom. The maximum Gasteiger partial charge on any atom is 0.230 e. The summed E-state index contributed by atoms with van der Waals surface area (Å²) in [4.78, 5) is 0. The van der Waals surface area contributed by atoms with Crippen molar-refractivity contribution in [1.29, 1.82) is 0 Å². The molecule has 0 aliphatic rings. The Labute approximate surface area is 120 Å². The summed E-state index contributed by atoms with van der Waals surface area (Å²) in [7, 11) is 0. The van der Waals surface area contributed by atoms with Crippen molar-refractivity contribution in [1.82, 2.24) is 5.16 Å². The zero-order valence-corrected chi connectivity index (χ0v) is 11.2. The lowest BCUT2D eigenvalue weighted by atomic mass is 9.98. The second-order valence-corrected chi connectivity index (χ2v) is 4.74. The van der Waals surface area contributed by atoms with Crippen LogP contribution < -0.4 is 5.73 Å². The first kappa shape index (κ1) is 13.3. The molecule has 1 aromatic heterocycles. The van der Waals surface area contributed by atoms with Gasteiger partial charge in [0, 0.05) is 5.56 Å². The summed E-state index contributed by atoms with van der Waals surface area (Å²) in [6.07, 6.45) is 0. The summed E-state index contributed by atoms with van der Waals surface area (Å²) in [5.41, 5.74) is 8.89. The van der Waals surface area contributed by atoms with Gasteiger partial charge in [-0.05, 0) is 42.3 Å². The zero-order chi connectivity index (χ0) is 15.0. The predicted molar refractivity (Wildman–Crippen MR) is 76.4 cm³/mol. The van der Waals surface area contributed by atoms with E-state index in [-0.39, 0.29) is 17.5 Å². The quantitative estimate of drug-likeness (QED) is 0.769. The molecule has 21 heavy (non-hydrogen) atoms. The Balaban J connectivity index is 2.21. The third-order valence-corrected chi connectivity index (χ3v) is 3.31. The number of hydrogen-bond acceptors (Lipinski definition) is 3. The van der Waals surface area contributed by atoms with E-state index in [1.165, 1.54) is 24.3 Å². The highest BCUT2D eigenvalue weighted by molar-refractivity contribution is 5.87. The average Bonchev–Trinajstić information content (AvgIpc) is 2.84. The first-order valence-corrected chi connectivity index (χ1v) is 6.34. The van der Waals surface area contributed by atoms with Crippen LogP contribution >= 0.6 is 0 Å². The number of rotatable bonds is 2. The van der Waals surface area contributed by atoms with E-state index in [0.29, 0.717) is 22.4 Å². The van der Waals surface area contributed by atoms with Crippen molar-refractivity contribution < 1.29 is 13.3 Å². The van der Waals surface area contributed by atoms with Gasteiger partial charge in [0.2, 0.25) is 5.88 Å². The molecule has 0 aliphatic heterocycles. The van der Waals surface area contributed by atoms with Crippen LogP contribution in [0.5, 0.6) is 0 Å². The smallest absolute Gasteiger partial charge is 0.230 e. The molecule has 2 N–H and O–H groups in total. The molecule has 2 aromatic carbocycles. The molecule has 0 radical (unpaired) electrons. The van der Waals surface area contributed by atoms with E-state index >= 15 is 0 Å². The highest BCUT2D eigenvalue weighted by atomic mass is 19.1. The molecule has 0 aliphatic carbocycles. The summed E-state index contributed by atoms with van der Waals surface area (Å²) < 4.78 is 31.6. The molecular weight excluding hydrogens is 274 g/mol. The molecule has 1 heterocycles. The van der Waals surface area contributed by atoms with Gasteiger partial charge in [-0.25, -0.2) is 8.78 Å². The van der Waals surface area contributed by atoms with Crippen LogP contribution in [0.1, 0.15) is 5.56 Å². The Morgan fingerprint density at radius 3 is 2.38 bits per heavy atom. The van der Waals surface area contributed by atoms with Gasteiger partial charge in [0.25, 0.3) is 0 Å². The number of nitrogen functional groups attached to an aromatic ring is 1. The number of halogens is 2. The minimum atomic E-state index is -0.373. The van der Waals surface area contributed by atoms with E-state index in [1.54, 1.807) is 18.2 Å². The number of nitrogens with two attached hydrogens (primary N) is 1. The van der Waals surface area contributed by atoms with Crippen molar-refractivity contribution in [3.63, 3.8) is 0 Å². The van der Waals surface area contributed by atoms with Crippen LogP contribution in [0.3, 0.4) is 0 Å². The van der Waals surface area contributed by atoms with Gasteiger partial charge in [0.05, 0.1) is 5.56 Å². The molecule has 0 spiro atoms. The van der Waals surface area contributed by atoms with Gasteiger partial charge in [-0.15, -0.1) is 0 Å². The number of hydrogen-bond donors (Lipinski definition) is 1. The van der Waals surface area contributed by atoms with Crippen molar-refractivity contribution in [2.24, 2.45) is 0 Å². The fourth-order valence-corrected chi connectivity index (χ4v) is 2.23. The predicted octanol–water partition coefficient (Wildman–Crippen LogP) is 4.18. The summed E-state index contributed by atoms with van der Waals surface area (Å²) >= 11 is 0. The molecule has 5 heteroatoms. The van der Waals surface area contributed by atoms with Crippen molar-refractivity contribution in [3.8, 4) is 22.4 Å². The first-order valence-electron chi connectivity index (χ1n) is 6.34. The Hall–Kier alpha value is -2.69. The van der Waals surface area contributed by atoms with Crippen LogP contribution in [0.2, 0.25) is 0 Å². The molecule has 0 saturated heterocycles. The molecule has 0 unspecified atom stereocenters. The average molecular weight is 286 g/mol. The summed E-state index contributed by atoms with van der Waals surface area (Å²) in [6, 6.07) is 10.2. The first-order chi connectivity index (χ1) is 10.1. The minimum Gasteiger partial charge on any atom is -0.367 e. The largest absolute Gasteiger partial charge is 0.367 e. The molecular formula is C16H12F2N2O. The summed E-state index contributed by atoms with van der Waals surface area (Å²) in [6.45, 7) is 1.84. The van der Waals surface area contributed by atoms with Crippen LogP contribution in [0.4, 0.5) is 14.7 Å². The van der Waals surface area contributed by atoms with Gasteiger partial charge in [0.1, 0.15) is 17.3 Å². The lowest BCUT2D eigenvalue weighted by Gasteiger charge is -2.06. The maximum atomic E-state index is 13.5. The lowest BCUT2D eigenvalue weighted by Crippen LogP contribution is -1.91. The van der Waals surface area contributed by atoms with Crippen LogP contribution in [0.25, 0.3) is 22.4 Å². The maximum absolute atomic E-state index is 13.5. The molecule has 3 rings (SSSR count). The number of aryl methyl sites for hydroxylation is 1. The number of benzene rings is 2. The third kappa shape index (κ3) is 2.38. The van der Waals surface area contributed by atoms with Gasteiger partial charge in [0.15, 0.2) is 0 Å². The second-order valence-electron chi connectivity index (χ2n) is 4.74. The molecule has 106 valence electrons. The third-order valence-electron chi connectivity index (χ3n) is 3.31.